The van der Waals surface area contributed by atoms with Crippen molar-refractivity contribution in [2.24, 2.45) is 0 Å². The van der Waals surface area contributed by atoms with Crippen molar-refractivity contribution in [2.45, 2.75) is 39.4 Å². The van der Waals surface area contributed by atoms with E-state index in [2.05, 4.69) is 0 Å². The maximum absolute atomic E-state index is 10.8. The third-order valence-corrected chi connectivity index (χ3v) is 1.89. The van der Waals surface area contributed by atoms with Crippen LogP contribution in [0.3, 0.4) is 0 Å². The van der Waals surface area contributed by atoms with Gasteiger partial charge in [0.05, 0.1) is 0 Å². The number of carbonyl (C=O) groups excluding carboxylic acids is 2. The lowest BCUT2D eigenvalue weighted by atomic mass is 10.1. The molecule has 15 heavy (non-hydrogen) atoms. The molecule has 0 aromatic rings. The number of hydrogen-bond donors (Lipinski definition) is 0. The van der Waals surface area contributed by atoms with Crippen molar-refractivity contribution in [1.82, 2.24) is 0 Å². The highest BCUT2D eigenvalue weighted by atomic mass is 16.6. The van der Waals surface area contributed by atoms with Gasteiger partial charge in [-0.3, -0.25) is 9.59 Å². The van der Waals surface area contributed by atoms with Crippen molar-refractivity contribution in [3.05, 3.63) is 0 Å². The number of carbonyl (C=O) groups is 2. The first-order chi connectivity index (χ1) is 7.01. The van der Waals surface area contributed by atoms with Crippen LogP contribution in [0.15, 0.2) is 0 Å². The second-order valence-electron chi connectivity index (χ2n) is 3.13. The Bertz CT molecular complexity index is 214. The summed E-state index contributed by atoms with van der Waals surface area (Å²) in [5.41, 5.74) is 0. The molecule has 0 spiro atoms. The number of rotatable bonds is 6. The minimum absolute atomic E-state index is 0.0949. The Labute approximate surface area is 89.7 Å². The summed E-state index contributed by atoms with van der Waals surface area (Å²) in [5.74, 6) is -0.749. The molecule has 2 atom stereocenters. The van der Waals surface area contributed by atoms with Crippen LogP contribution in [0.1, 0.15) is 27.2 Å². The van der Waals surface area contributed by atoms with E-state index >= 15 is 0 Å². The van der Waals surface area contributed by atoms with Gasteiger partial charge >= 0.3 is 11.9 Å². The standard InChI is InChI=1S/C10H18O5/c1-5-9(15-8(3)12)10(13-4)6-14-7(2)11/h9-10H,5-6H2,1-4H3/t9?,10-/m1/s1. The van der Waals surface area contributed by atoms with Crippen LogP contribution in [0.25, 0.3) is 0 Å². The van der Waals surface area contributed by atoms with Gasteiger partial charge in [-0.25, -0.2) is 0 Å². The van der Waals surface area contributed by atoms with Crippen LogP contribution in [0.5, 0.6) is 0 Å². The quantitative estimate of drug-likeness (QED) is 0.620. The predicted molar refractivity (Wildman–Crippen MR) is 53.3 cm³/mol. The minimum Gasteiger partial charge on any atom is -0.463 e. The molecule has 0 aromatic carbocycles. The van der Waals surface area contributed by atoms with Crippen molar-refractivity contribution in [2.75, 3.05) is 13.7 Å². The van der Waals surface area contributed by atoms with Gasteiger partial charge in [0.25, 0.3) is 0 Å². The fourth-order valence-corrected chi connectivity index (χ4v) is 1.16. The summed E-state index contributed by atoms with van der Waals surface area (Å²) in [4.78, 5) is 21.4. The number of esters is 2. The summed E-state index contributed by atoms with van der Waals surface area (Å²) in [5, 5.41) is 0. The molecule has 0 rings (SSSR count). The molecule has 0 fully saturated rings. The van der Waals surface area contributed by atoms with Crippen LogP contribution in [0.2, 0.25) is 0 Å². The van der Waals surface area contributed by atoms with Gasteiger partial charge in [0.1, 0.15) is 18.8 Å². The Morgan fingerprint density at radius 3 is 2.07 bits per heavy atom. The monoisotopic (exact) mass is 218 g/mol. The van der Waals surface area contributed by atoms with Crippen LogP contribution < -0.4 is 0 Å². The maximum Gasteiger partial charge on any atom is 0.302 e. The number of ether oxygens (including phenoxy) is 3. The zero-order valence-corrected chi connectivity index (χ0v) is 9.61. The third kappa shape index (κ3) is 6.06. The summed E-state index contributed by atoms with van der Waals surface area (Å²) in [6.45, 7) is 4.62. The molecule has 0 aromatic heterocycles. The molecule has 0 aliphatic carbocycles. The minimum atomic E-state index is -0.414. The van der Waals surface area contributed by atoms with Crippen molar-refractivity contribution in [3.63, 3.8) is 0 Å². The fourth-order valence-electron chi connectivity index (χ4n) is 1.16. The van der Waals surface area contributed by atoms with E-state index in [0.717, 1.165) is 0 Å². The van der Waals surface area contributed by atoms with E-state index in [1.807, 2.05) is 6.92 Å². The first-order valence-electron chi connectivity index (χ1n) is 4.84. The SMILES string of the molecule is CCC(OC(C)=O)[C@@H](COC(C)=O)OC. The molecule has 0 N–H and O–H groups in total. The van der Waals surface area contributed by atoms with Gasteiger partial charge in [0.15, 0.2) is 0 Å². The van der Waals surface area contributed by atoms with Crippen LogP contribution >= 0.6 is 0 Å². The van der Waals surface area contributed by atoms with Gasteiger partial charge in [-0.15, -0.1) is 0 Å². The van der Waals surface area contributed by atoms with Gasteiger partial charge < -0.3 is 14.2 Å². The maximum atomic E-state index is 10.8. The Kier molecular flexibility index (Phi) is 6.70. The van der Waals surface area contributed by atoms with Crippen molar-refractivity contribution in [1.29, 1.82) is 0 Å². The zero-order chi connectivity index (χ0) is 11.8. The lowest BCUT2D eigenvalue weighted by Gasteiger charge is -2.23. The van der Waals surface area contributed by atoms with E-state index in [1.165, 1.54) is 21.0 Å². The van der Waals surface area contributed by atoms with Crippen LogP contribution in [-0.2, 0) is 23.8 Å². The molecule has 5 heteroatoms. The van der Waals surface area contributed by atoms with E-state index in [1.54, 1.807) is 0 Å². The van der Waals surface area contributed by atoms with Crippen molar-refractivity contribution < 1.29 is 23.8 Å². The van der Waals surface area contributed by atoms with Gasteiger partial charge in [-0.2, -0.15) is 0 Å². The molecule has 0 aliphatic heterocycles. The Morgan fingerprint density at radius 1 is 1.13 bits per heavy atom. The molecular weight excluding hydrogens is 200 g/mol. The topological polar surface area (TPSA) is 61.8 Å². The smallest absolute Gasteiger partial charge is 0.302 e. The van der Waals surface area contributed by atoms with E-state index in [-0.39, 0.29) is 24.6 Å². The molecule has 0 saturated heterocycles. The highest BCUT2D eigenvalue weighted by Crippen LogP contribution is 2.09. The summed E-state index contributed by atoms with van der Waals surface area (Å²) in [7, 11) is 1.49. The normalized spacial score (nSPS) is 14.1. The molecule has 0 amide bonds. The van der Waals surface area contributed by atoms with Crippen molar-refractivity contribution in [3.8, 4) is 0 Å². The summed E-state index contributed by atoms with van der Waals surface area (Å²) in [6.07, 6.45) is -0.186. The third-order valence-electron chi connectivity index (χ3n) is 1.89. The van der Waals surface area contributed by atoms with E-state index in [4.69, 9.17) is 14.2 Å². The molecule has 0 bridgehead atoms. The van der Waals surface area contributed by atoms with E-state index in [9.17, 15) is 9.59 Å². The van der Waals surface area contributed by atoms with Gasteiger partial charge in [0, 0.05) is 21.0 Å². The van der Waals surface area contributed by atoms with Crippen molar-refractivity contribution >= 4 is 11.9 Å². The largest absolute Gasteiger partial charge is 0.463 e. The summed E-state index contributed by atoms with van der Waals surface area (Å²) < 4.78 is 14.9. The second-order valence-corrected chi connectivity index (χ2v) is 3.13. The van der Waals surface area contributed by atoms with Gasteiger partial charge in [-0.05, 0) is 6.42 Å². The molecule has 1 unspecified atom stereocenters. The first-order valence-corrected chi connectivity index (χ1v) is 4.84. The molecule has 0 radical (unpaired) electrons. The Balaban J connectivity index is 4.19. The average molecular weight is 218 g/mol. The second kappa shape index (κ2) is 7.23. The molecule has 0 aliphatic rings. The lowest BCUT2D eigenvalue weighted by Crippen LogP contribution is -2.36. The van der Waals surface area contributed by atoms with Gasteiger partial charge in [-0.1, -0.05) is 6.92 Å². The van der Waals surface area contributed by atoms with Crippen LogP contribution in [-0.4, -0.2) is 37.9 Å². The zero-order valence-electron chi connectivity index (χ0n) is 9.61. The summed E-state index contributed by atoms with van der Waals surface area (Å²) in [6, 6.07) is 0. The molecule has 88 valence electrons. The highest BCUT2D eigenvalue weighted by molar-refractivity contribution is 5.66. The molecule has 0 saturated carbocycles. The predicted octanol–water partition coefficient (Wildman–Crippen LogP) is 0.906. The molecule has 0 heterocycles. The Morgan fingerprint density at radius 2 is 1.73 bits per heavy atom. The number of hydrogen-bond acceptors (Lipinski definition) is 5. The van der Waals surface area contributed by atoms with Gasteiger partial charge in [0.2, 0.25) is 0 Å². The highest BCUT2D eigenvalue weighted by Gasteiger charge is 2.23. The van der Waals surface area contributed by atoms with E-state index in [0.29, 0.717) is 6.42 Å². The average Bonchev–Trinajstić information content (AvgIpc) is 2.15. The fraction of sp³-hybridized carbons (Fsp3) is 0.800. The molecular formula is C10H18O5. The molecule has 5 nitrogen and oxygen atoms in total. The summed E-state index contributed by atoms with van der Waals surface area (Å²) >= 11 is 0. The Hall–Kier alpha value is -1.10. The lowest BCUT2D eigenvalue weighted by molar-refractivity contribution is -0.160. The van der Waals surface area contributed by atoms with E-state index < -0.39 is 6.10 Å². The number of methoxy groups -OCH3 is 1. The first kappa shape index (κ1) is 13.9. The van der Waals surface area contributed by atoms with Crippen LogP contribution in [0.4, 0.5) is 0 Å². The van der Waals surface area contributed by atoms with Crippen LogP contribution in [0, 0.1) is 0 Å².